The summed E-state index contributed by atoms with van der Waals surface area (Å²) in [4.78, 5) is 12.0. The van der Waals surface area contributed by atoms with Crippen molar-refractivity contribution in [2.24, 2.45) is 5.92 Å². The highest BCUT2D eigenvalue weighted by molar-refractivity contribution is 5.70. The Morgan fingerprint density at radius 3 is 2.44 bits per heavy atom. The Bertz CT molecular complexity index is 333. The van der Waals surface area contributed by atoms with E-state index in [4.69, 9.17) is 4.74 Å². The maximum atomic E-state index is 12.0. The maximum Gasteiger partial charge on any atom is 0.306 e. The van der Waals surface area contributed by atoms with Crippen LogP contribution in [0.5, 0.6) is 0 Å². The lowest BCUT2D eigenvalue weighted by Crippen LogP contribution is -2.46. The topological polar surface area (TPSA) is 26.3 Å². The van der Waals surface area contributed by atoms with Gasteiger partial charge in [0.1, 0.15) is 6.04 Å². The van der Waals surface area contributed by atoms with Crippen LogP contribution in [0.1, 0.15) is 51.4 Å². The molecule has 2 saturated heterocycles. The zero-order valence-corrected chi connectivity index (χ0v) is 11.7. The van der Waals surface area contributed by atoms with E-state index in [0.29, 0.717) is 18.4 Å². The van der Waals surface area contributed by atoms with Gasteiger partial charge in [-0.15, -0.1) is 0 Å². The van der Waals surface area contributed by atoms with Crippen LogP contribution in [-0.4, -0.2) is 42.7 Å². The highest BCUT2D eigenvalue weighted by atomic mass is 16.5. The molecule has 2 unspecified atom stereocenters. The van der Waals surface area contributed by atoms with Gasteiger partial charge in [0.15, 0.2) is 6.10 Å². The smallest absolute Gasteiger partial charge is 0.306 e. The van der Waals surface area contributed by atoms with E-state index in [1.54, 1.807) is 0 Å². The normalized spacial score (nSPS) is 38.2. The number of fused-ring (bicyclic) bond motifs is 2. The van der Waals surface area contributed by atoms with E-state index in [1.807, 2.05) is 0 Å². The van der Waals surface area contributed by atoms with Crippen LogP contribution in [0, 0.1) is 5.92 Å². The van der Waals surface area contributed by atoms with Gasteiger partial charge >= 0.3 is 5.97 Å². The zero-order chi connectivity index (χ0) is 12.8. The number of esters is 1. The molecule has 0 aromatic heterocycles. The van der Waals surface area contributed by atoms with E-state index in [9.17, 15) is 4.79 Å². The van der Waals surface area contributed by atoms with Crippen LogP contribution in [0.15, 0.2) is 0 Å². The van der Waals surface area contributed by atoms with Gasteiger partial charge < -0.3 is 9.22 Å². The Labute approximate surface area is 110 Å². The maximum absolute atomic E-state index is 12.0. The molecule has 18 heavy (non-hydrogen) atoms. The first kappa shape index (κ1) is 12.5. The van der Waals surface area contributed by atoms with E-state index in [0.717, 1.165) is 16.9 Å². The molecule has 3 fully saturated rings. The van der Waals surface area contributed by atoms with E-state index < -0.39 is 0 Å². The van der Waals surface area contributed by atoms with Crippen LogP contribution in [0.4, 0.5) is 0 Å². The molecular formula is C15H26NO2+. The van der Waals surface area contributed by atoms with Gasteiger partial charge in [-0.3, -0.25) is 4.79 Å². The van der Waals surface area contributed by atoms with Gasteiger partial charge in [-0.25, -0.2) is 0 Å². The highest BCUT2D eigenvalue weighted by Gasteiger charge is 2.56. The van der Waals surface area contributed by atoms with Crippen LogP contribution >= 0.6 is 0 Å². The summed E-state index contributed by atoms with van der Waals surface area (Å²) in [7, 11) is 4.60. The molecule has 0 radical (unpaired) electrons. The molecule has 2 bridgehead atoms. The summed E-state index contributed by atoms with van der Waals surface area (Å²) in [5, 5.41) is 0. The minimum Gasteiger partial charge on any atom is -0.456 e. The summed E-state index contributed by atoms with van der Waals surface area (Å²) in [6, 6.07) is 1.28. The average molecular weight is 252 g/mol. The Kier molecular flexibility index (Phi) is 3.13. The molecule has 1 saturated carbocycles. The van der Waals surface area contributed by atoms with Crippen molar-refractivity contribution in [1.82, 2.24) is 0 Å². The van der Waals surface area contributed by atoms with Crippen molar-refractivity contribution in [3.05, 3.63) is 0 Å². The van der Waals surface area contributed by atoms with Gasteiger partial charge in [0.2, 0.25) is 0 Å². The van der Waals surface area contributed by atoms with Crippen molar-refractivity contribution in [2.45, 2.75) is 69.6 Å². The third-order valence-electron chi connectivity index (χ3n) is 5.74. The van der Waals surface area contributed by atoms with Crippen LogP contribution < -0.4 is 0 Å². The van der Waals surface area contributed by atoms with E-state index in [-0.39, 0.29) is 12.1 Å². The van der Waals surface area contributed by atoms with Crippen molar-refractivity contribution >= 4 is 5.97 Å². The standard InChI is InChI=1S/C15H26NO2/c1-16(2)12-7-8-13(16)14(10-12)18-15(17)9-11-5-3-4-6-11/h11-14H,3-10H2,1-2H3/q+1/t12?,13?,14-/m1/s1. The van der Waals surface area contributed by atoms with Crippen LogP contribution in [0.3, 0.4) is 0 Å². The van der Waals surface area contributed by atoms with Crippen molar-refractivity contribution in [1.29, 1.82) is 0 Å². The lowest BCUT2D eigenvalue weighted by Gasteiger charge is -2.30. The minimum absolute atomic E-state index is 0.0689. The highest BCUT2D eigenvalue weighted by Crippen LogP contribution is 2.43. The largest absolute Gasteiger partial charge is 0.456 e. The lowest BCUT2D eigenvalue weighted by atomic mass is 9.97. The summed E-state index contributed by atoms with van der Waals surface area (Å²) in [6.45, 7) is 0. The molecule has 3 nitrogen and oxygen atoms in total. The predicted octanol–water partition coefficient (Wildman–Crippen LogP) is 2.49. The Morgan fingerprint density at radius 1 is 1.17 bits per heavy atom. The zero-order valence-electron chi connectivity index (χ0n) is 11.7. The van der Waals surface area contributed by atoms with E-state index in [2.05, 4.69) is 14.1 Å². The number of hydrogen-bond acceptors (Lipinski definition) is 2. The van der Waals surface area contributed by atoms with Crippen LogP contribution in [0.25, 0.3) is 0 Å². The minimum atomic E-state index is 0.0689. The first-order chi connectivity index (χ1) is 8.57. The molecule has 0 N–H and O–H groups in total. The number of carbonyl (C=O) groups excluding carboxylic acids is 1. The van der Waals surface area contributed by atoms with Gasteiger partial charge in [-0.1, -0.05) is 12.8 Å². The van der Waals surface area contributed by atoms with Gasteiger partial charge in [0, 0.05) is 25.7 Å². The molecule has 3 heteroatoms. The molecular weight excluding hydrogens is 226 g/mol. The summed E-state index contributed by atoms with van der Waals surface area (Å²) in [5.74, 6) is 0.679. The van der Waals surface area contributed by atoms with Crippen molar-refractivity contribution in [2.75, 3.05) is 14.1 Å². The van der Waals surface area contributed by atoms with Gasteiger partial charge in [0.05, 0.1) is 20.1 Å². The van der Waals surface area contributed by atoms with Crippen LogP contribution in [0.2, 0.25) is 0 Å². The Hall–Kier alpha value is -0.570. The number of rotatable bonds is 3. The number of carbonyl (C=O) groups is 1. The second-order valence-corrected chi connectivity index (χ2v) is 7.05. The first-order valence-electron chi connectivity index (χ1n) is 7.60. The summed E-state index contributed by atoms with van der Waals surface area (Å²) in [5.41, 5.74) is 0. The molecule has 0 spiro atoms. The lowest BCUT2D eigenvalue weighted by molar-refractivity contribution is -0.913. The van der Waals surface area contributed by atoms with Crippen molar-refractivity contribution in [3.8, 4) is 0 Å². The van der Waals surface area contributed by atoms with Gasteiger partial charge in [-0.05, 0) is 18.8 Å². The molecule has 0 amide bonds. The van der Waals surface area contributed by atoms with E-state index >= 15 is 0 Å². The van der Waals surface area contributed by atoms with Crippen molar-refractivity contribution < 1.29 is 14.0 Å². The first-order valence-corrected chi connectivity index (χ1v) is 7.60. The van der Waals surface area contributed by atoms with Gasteiger partial charge in [0.25, 0.3) is 0 Å². The third-order valence-corrected chi connectivity index (χ3v) is 5.74. The molecule has 3 rings (SSSR count). The van der Waals surface area contributed by atoms with Crippen LogP contribution in [-0.2, 0) is 9.53 Å². The number of ether oxygens (including phenoxy) is 1. The molecule has 102 valence electrons. The fourth-order valence-electron chi connectivity index (χ4n) is 4.52. The fourth-order valence-corrected chi connectivity index (χ4v) is 4.52. The second-order valence-electron chi connectivity index (χ2n) is 7.05. The summed E-state index contributed by atoms with van der Waals surface area (Å²) >= 11 is 0. The number of likely N-dealkylation sites (N-methyl/N-ethyl adjacent to an activating group) is 1. The monoisotopic (exact) mass is 252 g/mol. The SMILES string of the molecule is C[N+]1(C)C2CCC1[C@H](OC(=O)CC1CCCC1)C2. The molecule has 2 aliphatic heterocycles. The second kappa shape index (κ2) is 4.52. The molecule has 3 aliphatic rings. The fraction of sp³-hybridized carbons (Fsp3) is 0.933. The Morgan fingerprint density at radius 2 is 1.89 bits per heavy atom. The molecule has 0 aromatic carbocycles. The number of nitrogens with zero attached hydrogens (tertiary/aromatic N) is 1. The van der Waals surface area contributed by atoms with Gasteiger partial charge in [-0.2, -0.15) is 0 Å². The number of quaternary nitrogens is 1. The van der Waals surface area contributed by atoms with Crippen molar-refractivity contribution in [3.63, 3.8) is 0 Å². The van der Waals surface area contributed by atoms with E-state index in [1.165, 1.54) is 38.5 Å². The Balaban J connectivity index is 1.53. The predicted molar refractivity (Wildman–Crippen MR) is 70.0 cm³/mol. The summed E-state index contributed by atoms with van der Waals surface area (Å²) in [6.07, 6.45) is 9.57. The molecule has 3 atom stereocenters. The average Bonchev–Trinajstić information content (AvgIpc) is 2.95. The summed E-state index contributed by atoms with van der Waals surface area (Å²) < 4.78 is 6.86. The molecule has 1 aliphatic carbocycles. The third kappa shape index (κ3) is 2.07. The molecule has 2 heterocycles. The molecule has 0 aromatic rings. The quantitative estimate of drug-likeness (QED) is 0.570. The number of hydrogen-bond donors (Lipinski definition) is 0.